The Balaban J connectivity index is 1.61. The van der Waals surface area contributed by atoms with Gasteiger partial charge in [0.1, 0.15) is 5.75 Å². The van der Waals surface area contributed by atoms with Crippen LogP contribution in [0, 0.1) is 5.92 Å². The number of aryl methyl sites for hydroxylation is 1. The van der Waals surface area contributed by atoms with E-state index in [0.717, 1.165) is 25.0 Å². The van der Waals surface area contributed by atoms with Gasteiger partial charge in [0, 0.05) is 33.1 Å². The van der Waals surface area contributed by atoms with Crippen LogP contribution in [0.1, 0.15) is 42.9 Å². The van der Waals surface area contributed by atoms with Crippen LogP contribution in [0.3, 0.4) is 0 Å². The highest BCUT2D eigenvalue weighted by Crippen LogP contribution is 2.33. The number of hydrogen-bond donors (Lipinski definition) is 1. The maximum absolute atomic E-state index is 12.8. The molecule has 27 heavy (non-hydrogen) atoms. The van der Waals surface area contributed by atoms with E-state index in [1.165, 1.54) is 33.8 Å². The smallest absolute Gasteiger partial charge is 0.281 e. The van der Waals surface area contributed by atoms with Crippen molar-refractivity contribution in [2.45, 2.75) is 38.1 Å². The monoisotopic (exact) mass is 395 g/mol. The molecule has 3 rings (SSSR count). The number of nitrogens with zero attached hydrogens (tertiary/aromatic N) is 2. The number of ether oxygens (including phenoxy) is 1. The van der Waals surface area contributed by atoms with Gasteiger partial charge >= 0.3 is 0 Å². The average Bonchev–Trinajstić information content (AvgIpc) is 2.67. The molecule has 1 atom stereocenters. The van der Waals surface area contributed by atoms with Crippen molar-refractivity contribution in [1.82, 2.24) is 13.9 Å². The van der Waals surface area contributed by atoms with Crippen molar-refractivity contribution in [3.63, 3.8) is 0 Å². The molecule has 1 aliphatic heterocycles. The molecule has 2 aliphatic rings. The minimum Gasteiger partial charge on any atom is -0.497 e. The Morgan fingerprint density at radius 2 is 1.93 bits per heavy atom. The molecule has 1 fully saturated rings. The number of amides is 1. The molecule has 1 amide bonds. The third kappa shape index (κ3) is 4.28. The van der Waals surface area contributed by atoms with Crippen LogP contribution in [0.4, 0.5) is 0 Å². The number of carbonyl (C=O) groups excluding carboxylic acids is 1. The number of rotatable bonds is 5. The van der Waals surface area contributed by atoms with Gasteiger partial charge < -0.3 is 10.1 Å². The van der Waals surface area contributed by atoms with Crippen molar-refractivity contribution >= 4 is 16.1 Å². The van der Waals surface area contributed by atoms with Gasteiger partial charge in [-0.2, -0.15) is 17.0 Å². The number of methoxy groups -OCH3 is 1. The fourth-order valence-electron chi connectivity index (χ4n) is 3.94. The van der Waals surface area contributed by atoms with Gasteiger partial charge in [-0.25, -0.2) is 0 Å². The van der Waals surface area contributed by atoms with E-state index in [9.17, 15) is 13.2 Å². The third-order valence-electron chi connectivity index (χ3n) is 5.59. The molecule has 0 unspecified atom stereocenters. The summed E-state index contributed by atoms with van der Waals surface area (Å²) in [7, 11) is 1.32. The maximum atomic E-state index is 12.8. The number of carbonyl (C=O) groups is 1. The van der Waals surface area contributed by atoms with Gasteiger partial charge in [0.15, 0.2) is 0 Å². The Kier molecular flexibility index (Phi) is 6.08. The quantitative estimate of drug-likeness (QED) is 0.823. The highest BCUT2D eigenvalue weighted by atomic mass is 32.2. The molecule has 150 valence electrons. The molecule has 1 aliphatic carbocycles. The predicted octanol–water partition coefficient (Wildman–Crippen LogP) is 1.71. The van der Waals surface area contributed by atoms with Crippen LogP contribution in [0.2, 0.25) is 0 Å². The maximum Gasteiger partial charge on any atom is 0.281 e. The molecule has 1 saturated heterocycles. The van der Waals surface area contributed by atoms with Gasteiger partial charge in [0.25, 0.3) is 10.2 Å². The van der Waals surface area contributed by atoms with Gasteiger partial charge in [0.05, 0.1) is 13.2 Å². The number of fused-ring (bicyclic) bond motifs is 1. The van der Waals surface area contributed by atoms with Gasteiger partial charge in [-0.05, 0) is 55.4 Å². The van der Waals surface area contributed by atoms with Crippen LogP contribution >= 0.6 is 0 Å². The summed E-state index contributed by atoms with van der Waals surface area (Å²) in [4.78, 5) is 12.8. The summed E-state index contributed by atoms with van der Waals surface area (Å²) >= 11 is 0. The zero-order valence-electron chi connectivity index (χ0n) is 16.3. The van der Waals surface area contributed by atoms with Gasteiger partial charge in [0.2, 0.25) is 5.91 Å². The van der Waals surface area contributed by atoms with Crippen molar-refractivity contribution in [2.24, 2.45) is 5.92 Å². The van der Waals surface area contributed by atoms with Crippen LogP contribution in [0.5, 0.6) is 5.75 Å². The lowest BCUT2D eigenvalue weighted by Gasteiger charge is -2.33. The molecule has 1 aromatic carbocycles. The lowest BCUT2D eigenvalue weighted by molar-refractivity contribution is -0.127. The van der Waals surface area contributed by atoms with Crippen molar-refractivity contribution in [2.75, 3.05) is 34.3 Å². The standard InChI is InChI=1S/C19H29N3O4S/c1-21(2)27(24,25)22-11-9-14(10-12-22)19(23)20-18-6-4-5-15-13-16(26-3)7-8-17(15)18/h7-8,13-14,18H,4-6,9-12H2,1-3H3,(H,20,23)/t18-/m0/s1. The zero-order valence-corrected chi connectivity index (χ0v) is 17.1. The number of nitrogens with one attached hydrogen (secondary N) is 1. The number of hydrogen-bond acceptors (Lipinski definition) is 4. The summed E-state index contributed by atoms with van der Waals surface area (Å²) in [5.74, 6) is 0.739. The molecule has 1 N–H and O–H groups in total. The second kappa shape index (κ2) is 8.16. The van der Waals surface area contributed by atoms with Crippen molar-refractivity contribution in [1.29, 1.82) is 0 Å². The molecule has 1 heterocycles. The first-order chi connectivity index (χ1) is 12.8. The minimum atomic E-state index is -3.40. The summed E-state index contributed by atoms with van der Waals surface area (Å²) in [5.41, 5.74) is 2.40. The largest absolute Gasteiger partial charge is 0.497 e. The Bertz CT molecular complexity index is 786. The van der Waals surface area contributed by atoms with Crippen LogP contribution in [0.15, 0.2) is 18.2 Å². The fourth-order valence-corrected chi connectivity index (χ4v) is 5.07. The summed E-state index contributed by atoms with van der Waals surface area (Å²) in [6.45, 7) is 0.772. The van der Waals surface area contributed by atoms with Crippen LogP contribution in [-0.4, -0.2) is 57.2 Å². The average molecular weight is 396 g/mol. The normalized spacial score (nSPS) is 21.7. The fraction of sp³-hybridized carbons (Fsp3) is 0.632. The van der Waals surface area contributed by atoms with E-state index < -0.39 is 10.2 Å². The molecule has 0 radical (unpaired) electrons. The highest BCUT2D eigenvalue weighted by molar-refractivity contribution is 7.86. The Morgan fingerprint density at radius 3 is 2.56 bits per heavy atom. The molecule has 7 nitrogen and oxygen atoms in total. The van der Waals surface area contributed by atoms with E-state index in [0.29, 0.717) is 25.9 Å². The molecule has 0 bridgehead atoms. The first-order valence-corrected chi connectivity index (χ1v) is 10.9. The highest BCUT2D eigenvalue weighted by Gasteiger charge is 2.33. The van der Waals surface area contributed by atoms with E-state index in [-0.39, 0.29) is 17.9 Å². The van der Waals surface area contributed by atoms with Crippen LogP contribution in [0.25, 0.3) is 0 Å². The second-order valence-corrected chi connectivity index (χ2v) is 9.62. The Morgan fingerprint density at radius 1 is 1.22 bits per heavy atom. The molecule has 1 aromatic rings. The van der Waals surface area contributed by atoms with Gasteiger partial charge in [-0.15, -0.1) is 0 Å². The van der Waals surface area contributed by atoms with Crippen molar-refractivity contribution in [3.8, 4) is 5.75 Å². The summed E-state index contributed by atoms with van der Waals surface area (Å²) in [6, 6.07) is 6.06. The van der Waals surface area contributed by atoms with Gasteiger partial charge in [-0.3, -0.25) is 4.79 Å². The summed E-state index contributed by atoms with van der Waals surface area (Å²) in [6.07, 6.45) is 4.07. The van der Waals surface area contributed by atoms with E-state index in [2.05, 4.69) is 11.4 Å². The topological polar surface area (TPSA) is 79.0 Å². The molecular formula is C19H29N3O4S. The molecule has 0 saturated carbocycles. The number of benzene rings is 1. The second-order valence-electron chi connectivity index (χ2n) is 7.48. The first kappa shape index (κ1) is 20.1. The molecular weight excluding hydrogens is 366 g/mol. The Labute approximate surface area is 161 Å². The molecule has 0 aromatic heterocycles. The van der Waals surface area contributed by atoms with E-state index >= 15 is 0 Å². The van der Waals surface area contributed by atoms with Crippen LogP contribution in [-0.2, 0) is 21.4 Å². The van der Waals surface area contributed by atoms with Crippen LogP contribution < -0.4 is 10.1 Å². The van der Waals surface area contributed by atoms with E-state index in [1.54, 1.807) is 7.11 Å². The van der Waals surface area contributed by atoms with Crippen molar-refractivity contribution < 1.29 is 17.9 Å². The van der Waals surface area contributed by atoms with Gasteiger partial charge in [-0.1, -0.05) is 6.07 Å². The SMILES string of the molecule is COc1ccc2c(c1)CCC[C@@H]2NC(=O)C1CCN(S(=O)(=O)N(C)C)CC1. The molecule has 8 heteroatoms. The minimum absolute atomic E-state index is 0.0238. The Hall–Kier alpha value is -1.64. The van der Waals surface area contributed by atoms with E-state index in [1.807, 2.05) is 12.1 Å². The first-order valence-electron chi connectivity index (χ1n) is 9.47. The number of piperidine rings is 1. The summed E-state index contributed by atoms with van der Waals surface area (Å²) < 4.78 is 32.4. The zero-order chi connectivity index (χ0) is 19.6. The predicted molar refractivity (Wildman–Crippen MR) is 104 cm³/mol. The summed E-state index contributed by atoms with van der Waals surface area (Å²) in [5, 5.41) is 3.20. The molecule has 0 spiro atoms. The third-order valence-corrected chi connectivity index (χ3v) is 7.53. The lowest BCUT2D eigenvalue weighted by atomic mass is 9.86. The van der Waals surface area contributed by atoms with Crippen molar-refractivity contribution in [3.05, 3.63) is 29.3 Å². The lowest BCUT2D eigenvalue weighted by Crippen LogP contribution is -2.47. The van der Waals surface area contributed by atoms with E-state index in [4.69, 9.17) is 4.74 Å².